The summed E-state index contributed by atoms with van der Waals surface area (Å²) in [5, 5.41) is 1.98. The van der Waals surface area contributed by atoms with Gasteiger partial charge < -0.3 is 9.72 Å². The van der Waals surface area contributed by atoms with Crippen LogP contribution in [0.1, 0.15) is 16.8 Å². The summed E-state index contributed by atoms with van der Waals surface area (Å²) in [7, 11) is 1.66. The van der Waals surface area contributed by atoms with Crippen LogP contribution in [0.4, 0.5) is 0 Å². The van der Waals surface area contributed by atoms with Gasteiger partial charge in [-0.05, 0) is 17.5 Å². The minimum absolute atomic E-state index is 0.0451. The lowest BCUT2D eigenvalue weighted by atomic mass is 10.1. The topological polar surface area (TPSA) is 71.1 Å². The van der Waals surface area contributed by atoms with Crippen molar-refractivity contribution in [2.75, 3.05) is 13.7 Å². The third-order valence-electron chi connectivity index (χ3n) is 4.37. The van der Waals surface area contributed by atoms with Crippen molar-refractivity contribution < 1.29 is 4.74 Å². The standard InChI is InChI=1S/C18H18N4O2S/c1-24-15-4-6-19-9-12(15)10-22-7-5-14-13(11-22)18(23)21-17(20-14)16-3-2-8-25-16/h2-4,6,8-9H,5,7,10-11H2,1H3,(H,20,21,23). The molecule has 4 rings (SSSR count). The van der Waals surface area contributed by atoms with Gasteiger partial charge in [-0.2, -0.15) is 0 Å². The zero-order chi connectivity index (χ0) is 17.2. The lowest BCUT2D eigenvalue weighted by molar-refractivity contribution is 0.238. The normalized spacial score (nSPS) is 14.3. The van der Waals surface area contributed by atoms with Crippen LogP contribution in [0.2, 0.25) is 0 Å². The van der Waals surface area contributed by atoms with Gasteiger partial charge in [0.05, 0.1) is 23.2 Å². The number of fused-ring (bicyclic) bond motifs is 1. The summed E-state index contributed by atoms with van der Waals surface area (Å²) < 4.78 is 5.39. The van der Waals surface area contributed by atoms with Crippen molar-refractivity contribution in [1.29, 1.82) is 0 Å². The molecule has 0 saturated heterocycles. The van der Waals surface area contributed by atoms with Crippen molar-refractivity contribution in [2.24, 2.45) is 0 Å². The largest absolute Gasteiger partial charge is 0.496 e. The molecule has 0 saturated carbocycles. The summed E-state index contributed by atoms with van der Waals surface area (Å²) in [5.74, 6) is 1.49. The highest BCUT2D eigenvalue weighted by molar-refractivity contribution is 7.13. The van der Waals surface area contributed by atoms with Gasteiger partial charge in [-0.3, -0.25) is 14.7 Å². The number of ether oxygens (including phenoxy) is 1. The van der Waals surface area contributed by atoms with E-state index in [4.69, 9.17) is 4.74 Å². The lowest BCUT2D eigenvalue weighted by Gasteiger charge is -2.28. The first-order valence-corrected chi connectivity index (χ1v) is 8.97. The first-order chi connectivity index (χ1) is 12.2. The number of rotatable bonds is 4. The molecule has 3 aromatic rings. The molecule has 0 atom stereocenters. The Balaban J connectivity index is 1.58. The van der Waals surface area contributed by atoms with Gasteiger partial charge in [-0.25, -0.2) is 4.98 Å². The quantitative estimate of drug-likeness (QED) is 0.779. The van der Waals surface area contributed by atoms with Crippen molar-refractivity contribution in [2.45, 2.75) is 19.5 Å². The molecule has 1 N–H and O–H groups in total. The molecule has 0 amide bonds. The molecule has 128 valence electrons. The van der Waals surface area contributed by atoms with Gasteiger partial charge in [-0.1, -0.05) is 6.07 Å². The number of hydrogen-bond acceptors (Lipinski definition) is 6. The van der Waals surface area contributed by atoms with Gasteiger partial charge in [0.1, 0.15) is 5.75 Å². The smallest absolute Gasteiger partial charge is 0.255 e. The van der Waals surface area contributed by atoms with Crippen LogP contribution in [-0.4, -0.2) is 33.5 Å². The Morgan fingerprint density at radius 2 is 2.32 bits per heavy atom. The maximum absolute atomic E-state index is 12.5. The Hall–Kier alpha value is -2.51. The van der Waals surface area contributed by atoms with Gasteiger partial charge in [0.15, 0.2) is 5.82 Å². The van der Waals surface area contributed by atoms with Crippen molar-refractivity contribution in [3.63, 3.8) is 0 Å². The second-order valence-electron chi connectivity index (χ2n) is 5.97. The first-order valence-electron chi connectivity index (χ1n) is 8.10. The number of aromatic nitrogens is 3. The van der Waals surface area contributed by atoms with Crippen LogP contribution in [0, 0.1) is 0 Å². The summed E-state index contributed by atoms with van der Waals surface area (Å²) in [6, 6.07) is 5.79. The number of pyridine rings is 1. The van der Waals surface area contributed by atoms with Gasteiger partial charge in [0.2, 0.25) is 0 Å². The molecule has 7 heteroatoms. The second kappa shape index (κ2) is 6.78. The number of aromatic amines is 1. The molecule has 0 spiro atoms. The van der Waals surface area contributed by atoms with Crippen molar-refractivity contribution in [3.05, 3.63) is 63.1 Å². The third kappa shape index (κ3) is 3.20. The molecule has 0 bridgehead atoms. The number of nitrogens with one attached hydrogen (secondary N) is 1. The molecule has 6 nitrogen and oxygen atoms in total. The van der Waals surface area contributed by atoms with Crippen LogP contribution in [-0.2, 0) is 19.5 Å². The van der Waals surface area contributed by atoms with E-state index in [0.29, 0.717) is 18.9 Å². The third-order valence-corrected chi connectivity index (χ3v) is 5.25. The van der Waals surface area contributed by atoms with E-state index in [9.17, 15) is 4.79 Å². The highest BCUT2D eigenvalue weighted by atomic mass is 32.1. The van der Waals surface area contributed by atoms with Crippen LogP contribution in [0.3, 0.4) is 0 Å². The minimum atomic E-state index is -0.0451. The predicted octanol–water partition coefficient (Wildman–Crippen LogP) is 2.46. The van der Waals surface area contributed by atoms with E-state index in [1.165, 1.54) is 0 Å². The summed E-state index contributed by atoms with van der Waals surface area (Å²) in [6.07, 6.45) is 4.30. The number of nitrogens with zero attached hydrogens (tertiary/aromatic N) is 3. The van der Waals surface area contributed by atoms with Crippen molar-refractivity contribution >= 4 is 11.3 Å². The lowest BCUT2D eigenvalue weighted by Crippen LogP contribution is -2.35. The molecule has 0 radical (unpaired) electrons. The fourth-order valence-electron chi connectivity index (χ4n) is 3.12. The van der Waals surface area contributed by atoms with Gasteiger partial charge in [0.25, 0.3) is 5.56 Å². The van der Waals surface area contributed by atoms with E-state index in [0.717, 1.165) is 40.4 Å². The molecular formula is C18H18N4O2S. The molecule has 0 unspecified atom stereocenters. The monoisotopic (exact) mass is 354 g/mol. The maximum Gasteiger partial charge on any atom is 0.255 e. The average Bonchev–Trinajstić information content (AvgIpc) is 3.17. The molecule has 0 fully saturated rings. The Bertz CT molecular complexity index is 936. The molecule has 4 heterocycles. The maximum atomic E-state index is 12.5. The number of hydrogen-bond donors (Lipinski definition) is 1. The highest BCUT2D eigenvalue weighted by Crippen LogP contribution is 2.24. The minimum Gasteiger partial charge on any atom is -0.496 e. The van der Waals surface area contributed by atoms with Crippen LogP contribution >= 0.6 is 11.3 Å². The average molecular weight is 354 g/mol. The summed E-state index contributed by atoms with van der Waals surface area (Å²) in [4.78, 5) is 27.5. The Morgan fingerprint density at radius 3 is 3.12 bits per heavy atom. The Kier molecular flexibility index (Phi) is 4.33. The van der Waals surface area contributed by atoms with Gasteiger partial charge in [-0.15, -0.1) is 11.3 Å². The van der Waals surface area contributed by atoms with E-state index < -0.39 is 0 Å². The van der Waals surface area contributed by atoms with E-state index in [2.05, 4.69) is 19.9 Å². The summed E-state index contributed by atoms with van der Waals surface area (Å²) in [5.41, 5.74) is 2.64. The Morgan fingerprint density at radius 1 is 1.40 bits per heavy atom. The molecular weight excluding hydrogens is 336 g/mol. The van der Waals surface area contributed by atoms with Gasteiger partial charge in [0, 0.05) is 44.0 Å². The highest BCUT2D eigenvalue weighted by Gasteiger charge is 2.22. The molecule has 0 aliphatic carbocycles. The second-order valence-corrected chi connectivity index (χ2v) is 6.91. The summed E-state index contributed by atoms with van der Waals surface area (Å²) in [6.45, 7) is 2.13. The van der Waals surface area contributed by atoms with E-state index in [1.54, 1.807) is 24.6 Å². The molecule has 1 aliphatic heterocycles. The molecule has 0 aromatic carbocycles. The van der Waals surface area contributed by atoms with E-state index >= 15 is 0 Å². The van der Waals surface area contributed by atoms with E-state index in [1.807, 2.05) is 29.8 Å². The number of thiophene rings is 1. The molecule has 25 heavy (non-hydrogen) atoms. The SMILES string of the molecule is COc1ccncc1CN1CCc2nc(-c3cccs3)[nH]c(=O)c2C1. The van der Waals surface area contributed by atoms with E-state index in [-0.39, 0.29) is 5.56 Å². The number of H-pyrrole nitrogens is 1. The molecule has 1 aliphatic rings. The van der Waals surface area contributed by atoms with Crippen molar-refractivity contribution in [1.82, 2.24) is 19.9 Å². The van der Waals surface area contributed by atoms with Crippen LogP contribution < -0.4 is 10.3 Å². The van der Waals surface area contributed by atoms with Crippen molar-refractivity contribution in [3.8, 4) is 16.5 Å². The summed E-state index contributed by atoms with van der Waals surface area (Å²) >= 11 is 1.58. The van der Waals surface area contributed by atoms with Crippen LogP contribution in [0.15, 0.2) is 40.8 Å². The van der Waals surface area contributed by atoms with Gasteiger partial charge >= 0.3 is 0 Å². The first kappa shape index (κ1) is 16.0. The number of methoxy groups -OCH3 is 1. The zero-order valence-corrected chi connectivity index (χ0v) is 14.7. The Labute approximate surface area is 149 Å². The van der Waals surface area contributed by atoms with Crippen LogP contribution in [0.25, 0.3) is 10.7 Å². The molecule has 3 aromatic heterocycles. The fraction of sp³-hybridized carbons (Fsp3) is 0.278. The predicted molar refractivity (Wildman–Crippen MR) is 96.8 cm³/mol. The van der Waals surface area contributed by atoms with Crippen LogP contribution in [0.5, 0.6) is 5.75 Å². The fourth-order valence-corrected chi connectivity index (χ4v) is 3.79. The zero-order valence-electron chi connectivity index (χ0n) is 13.9.